The molecule has 1 amide bonds. The molecule has 0 atom stereocenters. The number of rotatable bonds is 7. The molecule has 27 heavy (non-hydrogen) atoms. The van der Waals surface area contributed by atoms with E-state index in [1.165, 1.54) is 6.07 Å². The summed E-state index contributed by atoms with van der Waals surface area (Å²) in [6.45, 7) is 0.137. The van der Waals surface area contributed by atoms with Gasteiger partial charge in [-0.1, -0.05) is 41.6 Å². The summed E-state index contributed by atoms with van der Waals surface area (Å²) in [5, 5.41) is 20.1. The molecule has 0 saturated carbocycles. The molecular weight excluding hydrogens is 388 g/mol. The molecule has 0 fully saturated rings. The van der Waals surface area contributed by atoms with Gasteiger partial charge in [0.25, 0.3) is 11.1 Å². The zero-order valence-corrected chi connectivity index (χ0v) is 15.5. The van der Waals surface area contributed by atoms with Crippen LogP contribution in [0.25, 0.3) is 0 Å². The Balaban J connectivity index is 1.50. The van der Waals surface area contributed by atoms with Crippen molar-refractivity contribution in [1.29, 1.82) is 5.26 Å². The van der Waals surface area contributed by atoms with E-state index in [0.29, 0.717) is 27.9 Å². The smallest absolute Gasteiger partial charge is 0.277 e. The Morgan fingerprint density at radius 1 is 1.26 bits per heavy atom. The van der Waals surface area contributed by atoms with E-state index >= 15 is 0 Å². The fraction of sp³-hybridized carbons (Fsp3) is 0.111. The Bertz CT molecular complexity index is 972. The van der Waals surface area contributed by atoms with Gasteiger partial charge in [-0.05, 0) is 30.3 Å². The third-order valence-electron chi connectivity index (χ3n) is 3.26. The topological polar surface area (TPSA) is 101 Å². The van der Waals surface area contributed by atoms with Gasteiger partial charge < -0.3 is 14.5 Å². The molecule has 0 aliphatic heterocycles. The molecule has 0 radical (unpaired) electrons. The number of para-hydroxylation sites is 1. The fourth-order valence-electron chi connectivity index (χ4n) is 2.05. The molecular formula is C18H13ClN4O3S. The number of anilines is 1. The first-order chi connectivity index (χ1) is 13.1. The maximum atomic E-state index is 12.1. The first kappa shape index (κ1) is 18.8. The van der Waals surface area contributed by atoms with Gasteiger partial charge in [-0.2, -0.15) is 5.26 Å². The lowest BCUT2D eigenvalue weighted by Crippen LogP contribution is -2.15. The lowest BCUT2D eigenvalue weighted by atomic mass is 10.2. The van der Waals surface area contributed by atoms with E-state index < -0.39 is 0 Å². The van der Waals surface area contributed by atoms with Crippen LogP contribution in [0.2, 0.25) is 5.02 Å². The van der Waals surface area contributed by atoms with Gasteiger partial charge >= 0.3 is 0 Å². The second-order valence-corrected chi connectivity index (χ2v) is 6.57. The Morgan fingerprint density at radius 3 is 2.85 bits per heavy atom. The molecule has 0 saturated heterocycles. The maximum Gasteiger partial charge on any atom is 0.277 e. The zero-order chi connectivity index (χ0) is 19.1. The summed E-state index contributed by atoms with van der Waals surface area (Å²) < 4.78 is 11.0. The number of carbonyl (C=O) groups is 1. The summed E-state index contributed by atoms with van der Waals surface area (Å²) in [5.41, 5.74) is 0.689. The minimum Gasteiger partial charge on any atom is -0.484 e. The van der Waals surface area contributed by atoms with Crippen molar-refractivity contribution in [2.24, 2.45) is 0 Å². The van der Waals surface area contributed by atoms with Crippen LogP contribution in [0.1, 0.15) is 11.5 Å². The van der Waals surface area contributed by atoms with Crippen molar-refractivity contribution in [2.45, 2.75) is 11.8 Å². The molecule has 0 spiro atoms. The van der Waals surface area contributed by atoms with Crippen molar-refractivity contribution in [3.05, 3.63) is 65.0 Å². The third kappa shape index (κ3) is 5.48. The molecule has 0 bridgehead atoms. The largest absolute Gasteiger partial charge is 0.484 e. The van der Waals surface area contributed by atoms with E-state index in [9.17, 15) is 4.79 Å². The molecule has 1 aromatic heterocycles. The summed E-state index contributed by atoms with van der Waals surface area (Å²) in [4.78, 5) is 12.1. The van der Waals surface area contributed by atoms with Gasteiger partial charge in [-0.25, -0.2) is 0 Å². The number of nitrogens with one attached hydrogen (secondary N) is 1. The van der Waals surface area contributed by atoms with E-state index in [2.05, 4.69) is 15.5 Å². The van der Waals surface area contributed by atoms with E-state index in [1.54, 1.807) is 12.1 Å². The summed E-state index contributed by atoms with van der Waals surface area (Å²) >= 11 is 6.98. The number of nitrogens with zero attached hydrogens (tertiary/aromatic N) is 3. The highest BCUT2D eigenvalue weighted by Gasteiger charge is 2.12. The quantitative estimate of drug-likeness (QED) is 0.600. The van der Waals surface area contributed by atoms with Crippen LogP contribution in [0.15, 0.2) is 58.2 Å². The van der Waals surface area contributed by atoms with Crippen LogP contribution < -0.4 is 10.1 Å². The lowest BCUT2D eigenvalue weighted by molar-refractivity contribution is -0.113. The molecule has 3 aromatic rings. The standard InChI is InChI=1S/C18H13ClN4O3S/c19-13-7-6-12(9-20)15(8-13)21-16(24)11-27-18-23-22-17(26-18)10-25-14-4-2-1-3-5-14/h1-8H,10-11H2,(H,21,24). The second kappa shape index (κ2) is 9.07. The summed E-state index contributed by atoms with van der Waals surface area (Å²) in [5.74, 6) is 0.722. The lowest BCUT2D eigenvalue weighted by Gasteiger charge is -2.06. The second-order valence-electron chi connectivity index (χ2n) is 5.20. The Kier molecular flexibility index (Phi) is 6.30. The van der Waals surface area contributed by atoms with Crippen LogP contribution in [0, 0.1) is 11.3 Å². The molecule has 0 aliphatic rings. The van der Waals surface area contributed by atoms with Crippen LogP contribution in [0.3, 0.4) is 0 Å². The van der Waals surface area contributed by atoms with Crippen LogP contribution >= 0.6 is 23.4 Å². The van der Waals surface area contributed by atoms with E-state index in [-0.39, 0.29) is 23.5 Å². The predicted molar refractivity (Wildman–Crippen MR) is 101 cm³/mol. The van der Waals surface area contributed by atoms with Gasteiger partial charge in [-0.15, -0.1) is 10.2 Å². The van der Waals surface area contributed by atoms with Crippen LogP contribution in [0.4, 0.5) is 5.69 Å². The number of hydrogen-bond acceptors (Lipinski definition) is 7. The minimum absolute atomic E-state index is 0.0402. The fourth-order valence-corrected chi connectivity index (χ4v) is 2.80. The first-order valence-electron chi connectivity index (χ1n) is 7.76. The Labute approximate surface area is 164 Å². The molecule has 136 valence electrons. The predicted octanol–water partition coefficient (Wildman–Crippen LogP) is 3.90. The molecule has 2 aromatic carbocycles. The number of aromatic nitrogens is 2. The van der Waals surface area contributed by atoms with E-state index in [0.717, 1.165) is 11.8 Å². The zero-order valence-electron chi connectivity index (χ0n) is 13.9. The minimum atomic E-state index is -0.320. The Hall–Kier alpha value is -3.02. The van der Waals surface area contributed by atoms with Crippen molar-refractivity contribution >= 4 is 35.0 Å². The molecule has 0 aliphatic carbocycles. The molecule has 1 heterocycles. The number of thioether (sulfide) groups is 1. The highest BCUT2D eigenvalue weighted by atomic mass is 35.5. The van der Waals surface area contributed by atoms with Crippen LogP contribution in [0.5, 0.6) is 5.75 Å². The molecule has 3 rings (SSSR count). The van der Waals surface area contributed by atoms with Crippen molar-refractivity contribution in [1.82, 2.24) is 10.2 Å². The Morgan fingerprint density at radius 2 is 2.07 bits per heavy atom. The third-order valence-corrected chi connectivity index (χ3v) is 4.31. The first-order valence-corrected chi connectivity index (χ1v) is 9.13. The van der Waals surface area contributed by atoms with Gasteiger partial charge in [0.15, 0.2) is 6.61 Å². The highest BCUT2D eigenvalue weighted by Crippen LogP contribution is 2.22. The average Bonchev–Trinajstić information content (AvgIpc) is 3.14. The molecule has 9 heteroatoms. The number of amides is 1. The number of carbonyl (C=O) groups excluding carboxylic acids is 1. The number of hydrogen-bond donors (Lipinski definition) is 1. The molecule has 1 N–H and O–H groups in total. The molecule has 7 nitrogen and oxygen atoms in total. The van der Waals surface area contributed by atoms with Gasteiger partial charge in [0.1, 0.15) is 11.8 Å². The number of halogens is 1. The number of ether oxygens (including phenoxy) is 1. The normalized spacial score (nSPS) is 10.2. The van der Waals surface area contributed by atoms with Gasteiger partial charge in [0, 0.05) is 5.02 Å². The van der Waals surface area contributed by atoms with Crippen molar-refractivity contribution in [3.8, 4) is 11.8 Å². The van der Waals surface area contributed by atoms with Crippen molar-refractivity contribution in [3.63, 3.8) is 0 Å². The van der Waals surface area contributed by atoms with Gasteiger partial charge in [-0.3, -0.25) is 4.79 Å². The highest BCUT2D eigenvalue weighted by molar-refractivity contribution is 7.99. The van der Waals surface area contributed by atoms with Crippen molar-refractivity contribution < 1.29 is 13.9 Å². The average molecular weight is 401 g/mol. The van der Waals surface area contributed by atoms with Crippen LogP contribution in [-0.2, 0) is 11.4 Å². The van der Waals surface area contributed by atoms with E-state index in [4.69, 9.17) is 26.0 Å². The van der Waals surface area contributed by atoms with Crippen LogP contribution in [-0.4, -0.2) is 21.9 Å². The summed E-state index contributed by atoms with van der Waals surface area (Å²) in [6.07, 6.45) is 0. The van der Waals surface area contributed by atoms with Gasteiger partial charge in [0.05, 0.1) is 17.0 Å². The number of nitriles is 1. The SMILES string of the molecule is N#Cc1ccc(Cl)cc1NC(=O)CSc1nnc(COc2ccccc2)o1. The number of benzene rings is 2. The van der Waals surface area contributed by atoms with Gasteiger partial charge in [0.2, 0.25) is 5.91 Å². The molecule has 0 unspecified atom stereocenters. The monoisotopic (exact) mass is 400 g/mol. The van der Waals surface area contributed by atoms with Crippen molar-refractivity contribution in [2.75, 3.05) is 11.1 Å². The summed E-state index contributed by atoms with van der Waals surface area (Å²) in [7, 11) is 0. The summed E-state index contributed by atoms with van der Waals surface area (Å²) in [6, 6.07) is 15.9. The van der Waals surface area contributed by atoms with E-state index in [1.807, 2.05) is 36.4 Å². The maximum absolute atomic E-state index is 12.1.